The number of aromatic nitrogens is 5. The maximum atomic E-state index is 10.9. The number of hydrogen-bond acceptors (Lipinski definition) is 5. The molecule has 0 atom stereocenters. The Labute approximate surface area is 357 Å². The minimum Gasteiger partial charge on any atom is -0.308 e. The molecule has 0 aliphatic rings. The number of hydrogen-bond donors (Lipinski definition) is 0. The van der Waals surface area contributed by atoms with Gasteiger partial charge in [-0.25, -0.2) is 15.0 Å². The second kappa shape index (κ2) is 14.6. The molecule has 0 spiro atoms. The van der Waals surface area contributed by atoms with Crippen LogP contribution in [0.1, 0.15) is 22.3 Å². The van der Waals surface area contributed by atoms with Crippen molar-refractivity contribution in [1.29, 1.82) is 10.5 Å². The Bertz CT molecular complexity index is 3670. The van der Waals surface area contributed by atoms with Crippen molar-refractivity contribution in [2.45, 2.75) is 13.8 Å². The fourth-order valence-electron chi connectivity index (χ4n) is 8.99. The third-order valence-electron chi connectivity index (χ3n) is 11.8. The van der Waals surface area contributed by atoms with Gasteiger partial charge in [0.05, 0.1) is 67.8 Å². The van der Waals surface area contributed by atoms with Gasteiger partial charge in [0.1, 0.15) is 0 Å². The summed E-state index contributed by atoms with van der Waals surface area (Å²) in [5.41, 5.74) is 13.1. The molecule has 0 unspecified atom stereocenters. The molecule has 0 aliphatic heterocycles. The van der Waals surface area contributed by atoms with Crippen LogP contribution in [0, 0.1) is 36.5 Å². The van der Waals surface area contributed by atoms with Gasteiger partial charge in [-0.2, -0.15) is 10.5 Å². The zero-order chi connectivity index (χ0) is 41.9. The lowest BCUT2D eigenvalue weighted by atomic mass is 9.96. The summed E-state index contributed by atoms with van der Waals surface area (Å²) in [4.78, 5) is 16.1. The van der Waals surface area contributed by atoms with Gasteiger partial charge >= 0.3 is 0 Å². The first kappa shape index (κ1) is 36.4. The van der Waals surface area contributed by atoms with E-state index in [4.69, 9.17) is 15.0 Å². The highest BCUT2D eigenvalue weighted by molar-refractivity contribution is 6.11. The normalized spacial score (nSPS) is 11.4. The molecule has 0 saturated heterocycles. The van der Waals surface area contributed by atoms with E-state index in [0.29, 0.717) is 34.2 Å². The first-order valence-corrected chi connectivity index (χ1v) is 20.5. The number of nitriles is 2. The summed E-state index contributed by atoms with van der Waals surface area (Å²) in [6, 6.07) is 64.3. The van der Waals surface area contributed by atoms with E-state index in [0.717, 1.165) is 82.8 Å². The van der Waals surface area contributed by atoms with Crippen LogP contribution in [0.15, 0.2) is 176 Å². The molecule has 0 bridgehead atoms. The number of rotatable bonds is 6. The Balaban J connectivity index is 1.27. The summed E-state index contributed by atoms with van der Waals surface area (Å²) in [7, 11) is 0. The van der Waals surface area contributed by atoms with Crippen molar-refractivity contribution in [3.63, 3.8) is 0 Å². The predicted octanol–water partition coefficient (Wildman–Crippen LogP) is 13.1. The van der Waals surface area contributed by atoms with E-state index in [9.17, 15) is 10.5 Å². The van der Waals surface area contributed by atoms with Crippen LogP contribution >= 0.6 is 0 Å². The smallest absolute Gasteiger partial charge is 0.167 e. The molecule has 0 fully saturated rings. The molecule has 8 aromatic carbocycles. The van der Waals surface area contributed by atoms with Gasteiger partial charge in [0, 0.05) is 27.1 Å². The number of fused-ring (bicyclic) bond motifs is 6. The SMILES string of the molecule is Cc1ccc2c(c1)c1ccccc1n2-c1cccc(C#N)c1-c1nc(-c2ccccc2)nc(-c2c(-c3ccc(C#N)cc3)cccc2-n2c3ccccc3c3cc(C)ccc32)n1. The molecule has 11 rings (SSSR count). The third kappa shape index (κ3) is 5.84. The van der Waals surface area contributed by atoms with E-state index in [-0.39, 0.29) is 0 Å². The quantitative estimate of drug-likeness (QED) is 0.167. The van der Waals surface area contributed by atoms with E-state index in [1.165, 1.54) is 5.56 Å². The average Bonchev–Trinajstić information content (AvgIpc) is 3.83. The highest BCUT2D eigenvalue weighted by Crippen LogP contribution is 2.43. The van der Waals surface area contributed by atoms with Crippen LogP contribution in [-0.4, -0.2) is 24.1 Å². The van der Waals surface area contributed by atoms with Gasteiger partial charge in [-0.15, -0.1) is 0 Å². The van der Waals surface area contributed by atoms with E-state index in [2.05, 4.69) is 132 Å². The van der Waals surface area contributed by atoms with Crippen molar-refractivity contribution in [3.8, 4) is 68.8 Å². The second-order valence-corrected chi connectivity index (χ2v) is 15.6. The summed E-state index contributed by atoms with van der Waals surface area (Å²) < 4.78 is 4.52. The Hall–Kier alpha value is -8.65. The molecular weight excluding hydrogens is 759 g/mol. The summed E-state index contributed by atoms with van der Waals surface area (Å²) >= 11 is 0. The molecule has 0 amide bonds. The molecule has 7 nitrogen and oxygen atoms in total. The molecular formula is C55H35N7. The molecule has 3 aromatic heterocycles. The third-order valence-corrected chi connectivity index (χ3v) is 11.8. The Morgan fingerprint density at radius 3 is 1.52 bits per heavy atom. The lowest BCUT2D eigenvalue weighted by molar-refractivity contribution is 1.06. The first-order valence-electron chi connectivity index (χ1n) is 20.5. The van der Waals surface area contributed by atoms with Crippen LogP contribution in [-0.2, 0) is 0 Å². The Morgan fingerprint density at radius 1 is 0.403 bits per heavy atom. The van der Waals surface area contributed by atoms with Crippen LogP contribution in [0.4, 0.5) is 0 Å². The van der Waals surface area contributed by atoms with Gasteiger partial charge in [-0.05, 0) is 91.7 Å². The first-order chi connectivity index (χ1) is 30.5. The maximum Gasteiger partial charge on any atom is 0.167 e. The van der Waals surface area contributed by atoms with Gasteiger partial charge in [0.25, 0.3) is 0 Å². The van der Waals surface area contributed by atoms with Gasteiger partial charge in [-0.3, -0.25) is 0 Å². The van der Waals surface area contributed by atoms with Crippen LogP contribution in [0.25, 0.3) is 100 Å². The topological polar surface area (TPSA) is 96.1 Å². The monoisotopic (exact) mass is 793 g/mol. The van der Waals surface area contributed by atoms with E-state index in [1.54, 1.807) is 0 Å². The van der Waals surface area contributed by atoms with Crippen molar-refractivity contribution < 1.29 is 0 Å². The number of benzene rings is 8. The minimum absolute atomic E-state index is 0.373. The van der Waals surface area contributed by atoms with Gasteiger partial charge in [-0.1, -0.05) is 120 Å². The largest absolute Gasteiger partial charge is 0.308 e. The van der Waals surface area contributed by atoms with E-state index >= 15 is 0 Å². The number of para-hydroxylation sites is 2. The fourth-order valence-corrected chi connectivity index (χ4v) is 8.99. The zero-order valence-electron chi connectivity index (χ0n) is 33.9. The average molecular weight is 794 g/mol. The summed E-state index contributed by atoms with van der Waals surface area (Å²) in [5.74, 6) is 1.29. The van der Waals surface area contributed by atoms with Crippen LogP contribution in [0.5, 0.6) is 0 Å². The summed E-state index contributed by atoms with van der Waals surface area (Å²) in [6.07, 6.45) is 0. The van der Waals surface area contributed by atoms with Gasteiger partial charge in [0.15, 0.2) is 17.5 Å². The van der Waals surface area contributed by atoms with Crippen molar-refractivity contribution in [3.05, 3.63) is 198 Å². The van der Waals surface area contributed by atoms with Crippen LogP contribution in [0.3, 0.4) is 0 Å². The molecule has 0 saturated carbocycles. The summed E-state index contributed by atoms with van der Waals surface area (Å²) in [5, 5.41) is 25.2. The maximum absolute atomic E-state index is 10.9. The molecule has 11 aromatic rings. The number of nitrogens with zero attached hydrogens (tertiary/aromatic N) is 7. The molecule has 0 N–H and O–H groups in total. The Morgan fingerprint density at radius 2 is 0.919 bits per heavy atom. The molecule has 62 heavy (non-hydrogen) atoms. The lowest BCUT2D eigenvalue weighted by Crippen LogP contribution is -2.07. The summed E-state index contributed by atoms with van der Waals surface area (Å²) in [6.45, 7) is 4.22. The predicted molar refractivity (Wildman–Crippen MR) is 249 cm³/mol. The van der Waals surface area contributed by atoms with Gasteiger partial charge in [0.2, 0.25) is 0 Å². The Kier molecular flexibility index (Phi) is 8.56. The van der Waals surface area contributed by atoms with Gasteiger partial charge < -0.3 is 9.13 Å². The standard InChI is InChI=1S/C55H35N7/c1-34-22-28-47-43(30-34)41-15-6-8-18-45(41)61(47)49-20-10-14-39(33-57)51(49)54-58-53(38-12-4-3-5-13-38)59-55(60-54)52-40(37-26-24-36(32-56)25-27-37)17-11-21-50(52)62-46-19-9-7-16-42(46)44-31-35(2)23-29-48(44)62/h3-31H,1-2H3. The molecule has 0 radical (unpaired) electrons. The minimum atomic E-state index is 0.373. The van der Waals surface area contributed by atoms with E-state index < -0.39 is 0 Å². The van der Waals surface area contributed by atoms with E-state index in [1.807, 2.05) is 78.9 Å². The molecule has 7 heteroatoms. The van der Waals surface area contributed by atoms with Crippen molar-refractivity contribution >= 4 is 43.6 Å². The molecule has 0 aliphatic carbocycles. The van der Waals surface area contributed by atoms with Crippen molar-refractivity contribution in [1.82, 2.24) is 24.1 Å². The van der Waals surface area contributed by atoms with Crippen LogP contribution < -0.4 is 0 Å². The molecule has 3 heterocycles. The van der Waals surface area contributed by atoms with Crippen LogP contribution in [0.2, 0.25) is 0 Å². The zero-order valence-corrected chi connectivity index (χ0v) is 33.9. The van der Waals surface area contributed by atoms with Crippen molar-refractivity contribution in [2.24, 2.45) is 0 Å². The van der Waals surface area contributed by atoms with Crippen molar-refractivity contribution in [2.75, 3.05) is 0 Å². The highest BCUT2D eigenvalue weighted by Gasteiger charge is 2.26. The highest BCUT2D eigenvalue weighted by atomic mass is 15.1. The second-order valence-electron chi connectivity index (χ2n) is 15.6. The number of aryl methyl sites for hydroxylation is 2. The molecule has 290 valence electrons. The lowest BCUT2D eigenvalue weighted by Gasteiger charge is -2.19. The fraction of sp³-hybridized carbons (Fsp3) is 0.0364.